The minimum Gasteiger partial charge on any atom is -0.459 e. The van der Waals surface area contributed by atoms with Crippen LogP contribution in [-0.4, -0.2) is 5.91 Å². The second kappa shape index (κ2) is 9.35. The van der Waals surface area contributed by atoms with E-state index in [9.17, 15) is 4.79 Å². The van der Waals surface area contributed by atoms with Crippen molar-refractivity contribution >= 4 is 40.6 Å². The molecule has 2 aromatic heterocycles. The summed E-state index contributed by atoms with van der Waals surface area (Å²) in [7, 11) is 0. The van der Waals surface area contributed by atoms with Gasteiger partial charge in [0.25, 0.3) is 5.91 Å². The standard InChI is InChI=1S/C23H18ClNO2S2/c24-17-9-7-16(8-10-17)21-12-11-18(27-21)14-25-23(26)20-5-1-2-6-22(20)29-15-19-4-3-13-28-19/h1-13H,14-15H2,(H,25,26). The molecule has 0 unspecified atom stereocenters. The molecule has 0 spiro atoms. The Morgan fingerprint density at radius 1 is 1.00 bits per heavy atom. The number of rotatable bonds is 7. The number of thioether (sulfide) groups is 1. The number of hydrogen-bond acceptors (Lipinski definition) is 4. The third-order valence-electron chi connectivity index (χ3n) is 4.30. The van der Waals surface area contributed by atoms with Crippen LogP contribution in [0.15, 0.2) is 87.5 Å². The van der Waals surface area contributed by atoms with Gasteiger partial charge in [-0.1, -0.05) is 29.8 Å². The van der Waals surface area contributed by atoms with Crippen molar-refractivity contribution in [3.63, 3.8) is 0 Å². The van der Waals surface area contributed by atoms with E-state index >= 15 is 0 Å². The van der Waals surface area contributed by atoms with Gasteiger partial charge >= 0.3 is 0 Å². The maximum Gasteiger partial charge on any atom is 0.252 e. The fraction of sp³-hybridized carbons (Fsp3) is 0.0870. The number of halogens is 1. The first kappa shape index (κ1) is 19.8. The lowest BCUT2D eigenvalue weighted by molar-refractivity contribution is 0.0945. The average molecular weight is 440 g/mol. The highest BCUT2D eigenvalue weighted by atomic mass is 35.5. The van der Waals surface area contributed by atoms with Crippen LogP contribution in [0.1, 0.15) is 21.0 Å². The van der Waals surface area contributed by atoms with Gasteiger partial charge in [-0.2, -0.15) is 0 Å². The summed E-state index contributed by atoms with van der Waals surface area (Å²) in [4.78, 5) is 15.0. The maximum atomic E-state index is 12.7. The molecule has 4 rings (SSSR count). The molecule has 0 fully saturated rings. The second-order valence-corrected chi connectivity index (χ2v) is 8.81. The number of nitrogens with one attached hydrogen (secondary N) is 1. The monoisotopic (exact) mass is 439 g/mol. The fourth-order valence-electron chi connectivity index (χ4n) is 2.83. The van der Waals surface area contributed by atoms with E-state index < -0.39 is 0 Å². The first-order valence-corrected chi connectivity index (χ1v) is 11.3. The number of carbonyl (C=O) groups excluding carboxylic acids is 1. The predicted octanol–water partition coefficient (Wildman–Crippen LogP) is 6.88. The number of benzene rings is 2. The van der Waals surface area contributed by atoms with Gasteiger partial charge in [0, 0.05) is 26.1 Å². The smallest absolute Gasteiger partial charge is 0.252 e. The Hall–Kier alpha value is -2.47. The SMILES string of the molecule is O=C(NCc1ccc(-c2ccc(Cl)cc2)o1)c1ccccc1SCc1cccs1. The van der Waals surface area contributed by atoms with E-state index in [1.54, 1.807) is 23.1 Å². The molecule has 0 aliphatic rings. The Bertz CT molecular complexity index is 1090. The van der Waals surface area contributed by atoms with Crippen LogP contribution >= 0.6 is 34.7 Å². The molecule has 2 aromatic carbocycles. The molecule has 1 amide bonds. The molecule has 0 aliphatic carbocycles. The molecule has 3 nitrogen and oxygen atoms in total. The minimum atomic E-state index is -0.108. The summed E-state index contributed by atoms with van der Waals surface area (Å²) in [6.45, 7) is 0.330. The van der Waals surface area contributed by atoms with Crippen molar-refractivity contribution in [2.75, 3.05) is 0 Å². The summed E-state index contributed by atoms with van der Waals surface area (Å²) >= 11 is 9.33. The molecule has 29 heavy (non-hydrogen) atoms. The van der Waals surface area contributed by atoms with Crippen molar-refractivity contribution in [3.8, 4) is 11.3 Å². The number of amides is 1. The zero-order valence-corrected chi connectivity index (χ0v) is 17.8. The summed E-state index contributed by atoms with van der Waals surface area (Å²) in [5.41, 5.74) is 1.63. The van der Waals surface area contributed by atoms with Crippen LogP contribution in [-0.2, 0) is 12.3 Å². The molecule has 4 aromatic rings. The van der Waals surface area contributed by atoms with Crippen molar-refractivity contribution in [2.24, 2.45) is 0 Å². The molecule has 6 heteroatoms. The van der Waals surface area contributed by atoms with E-state index in [0.717, 1.165) is 22.0 Å². The van der Waals surface area contributed by atoms with Crippen LogP contribution < -0.4 is 5.32 Å². The maximum absolute atomic E-state index is 12.7. The summed E-state index contributed by atoms with van der Waals surface area (Å²) in [6, 6.07) is 23.1. The lowest BCUT2D eigenvalue weighted by atomic mass is 10.2. The van der Waals surface area contributed by atoms with E-state index in [0.29, 0.717) is 22.9 Å². The molecule has 0 saturated heterocycles. The highest BCUT2D eigenvalue weighted by molar-refractivity contribution is 7.98. The summed E-state index contributed by atoms with van der Waals surface area (Å²) in [5, 5.41) is 5.71. The number of hydrogen-bond donors (Lipinski definition) is 1. The number of furan rings is 1. The van der Waals surface area contributed by atoms with Crippen LogP contribution in [0.5, 0.6) is 0 Å². The third-order valence-corrected chi connectivity index (χ3v) is 6.73. The van der Waals surface area contributed by atoms with Crippen LogP contribution in [0, 0.1) is 0 Å². The van der Waals surface area contributed by atoms with Crippen LogP contribution in [0.25, 0.3) is 11.3 Å². The summed E-state index contributed by atoms with van der Waals surface area (Å²) in [5.74, 6) is 2.19. The third kappa shape index (κ3) is 5.12. The van der Waals surface area contributed by atoms with Gasteiger partial charge in [-0.25, -0.2) is 0 Å². The van der Waals surface area contributed by atoms with Gasteiger partial charge in [-0.3, -0.25) is 4.79 Å². The van der Waals surface area contributed by atoms with E-state index in [1.807, 2.05) is 66.7 Å². The molecular formula is C23H18ClNO2S2. The first-order valence-electron chi connectivity index (χ1n) is 9.06. The van der Waals surface area contributed by atoms with Gasteiger partial charge in [0.15, 0.2) is 0 Å². The normalized spacial score (nSPS) is 10.8. The van der Waals surface area contributed by atoms with Crippen molar-refractivity contribution in [2.45, 2.75) is 17.2 Å². The average Bonchev–Trinajstić information content (AvgIpc) is 3.43. The topological polar surface area (TPSA) is 42.2 Å². The molecule has 0 aliphatic heterocycles. The number of thiophene rings is 1. The van der Waals surface area contributed by atoms with Gasteiger partial charge in [-0.05, 0) is 60.0 Å². The van der Waals surface area contributed by atoms with Crippen molar-refractivity contribution in [1.82, 2.24) is 5.32 Å². The summed E-state index contributed by atoms with van der Waals surface area (Å²) < 4.78 is 5.86. The second-order valence-electron chi connectivity index (χ2n) is 6.32. The van der Waals surface area contributed by atoms with E-state index in [-0.39, 0.29) is 5.91 Å². The van der Waals surface area contributed by atoms with Gasteiger partial charge < -0.3 is 9.73 Å². The van der Waals surface area contributed by atoms with Crippen molar-refractivity contribution < 1.29 is 9.21 Å². The Kier molecular flexibility index (Phi) is 6.39. The molecule has 0 bridgehead atoms. The predicted molar refractivity (Wildman–Crippen MR) is 121 cm³/mol. The largest absolute Gasteiger partial charge is 0.459 e. The fourth-order valence-corrected chi connectivity index (χ4v) is 4.78. The van der Waals surface area contributed by atoms with E-state index in [1.165, 1.54) is 4.88 Å². The van der Waals surface area contributed by atoms with Crippen LogP contribution in [0.3, 0.4) is 0 Å². The molecule has 0 atom stereocenters. The molecule has 0 saturated carbocycles. The Morgan fingerprint density at radius 3 is 2.62 bits per heavy atom. The quantitative estimate of drug-likeness (QED) is 0.319. The lowest BCUT2D eigenvalue weighted by Gasteiger charge is -2.09. The van der Waals surface area contributed by atoms with Gasteiger partial charge in [-0.15, -0.1) is 23.1 Å². The van der Waals surface area contributed by atoms with E-state index in [2.05, 4.69) is 16.8 Å². The molecule has 146 valence electrons. The zero-order chi connectivity index (χ0) is 20.1. The number of carbonyl (C=O) groups is 1. The van der Waals surface area contributed by atoms with Crippen molar-refractivity contribution in [1.29, 1.82) is 0 Å². The summed E-state index contributed by atoms with van der Waals surface area (Å²) in [6.07, 6.45) is 0. The molecular weight excluding hydrogens is 422 g/mol. The highest BCUT2D eigenvalue weighted by Crippen LogP contribution is 2.28. The van der Waals surface area contributed by atoms with Gasteiger partial charge in [0.05, 0.1) is 12.1 Å². The molecule has 2 heterocycles. The van der Waals surface area contributed by atoms with Crippen LogP contribution in [0.2, 0.25) is 5.02 Å². The minimum absolute atomic E-state index is 0.108. The zero-order valence-electron chi connectivity index (χ0n) is 15.4. The van der Waals surface area contributed by atoms with E-state index in [4.69, 9.17) is 16.0 Å². The lowest BCUT2D eigenvalue weighted by Crippen LogP contribution is -2.23. The molecule has 0 radical (unpaired) electrons. The Morgan fingerprint density at radius 2 is 1.83 bits per heavy atom. The highest BCUT2D eigenvalue weighted by Gasteiger charge is 2.13. The molecule has 1 N–H and O–H groups in total. The van der Waals surface area contributed by atoms with Gasteiger partial charge in [0.2, 0.25) is 0 Å². The van der Waals surface area contributed by atoms with Crippen molar-refractivity contribution in [3.05, 3.63) is 99.4 Å². The first-order chi connectivity index (χ1) is 14.2. The van der Waals surface area contributed by atoms with Gasteiger partial charge in [0.1, 0.15) is 11.5 Å². The Labute approximate surface area is 182 Å². The Balaban J connectivity index is 1.39. The van der Waals surface area contributed by atoms with Crippen LogP contribution in [0.4, 0.5) is 0 Å².